The molecular weight excluding hydrogens is 340 g/mol. The molecule has 2 aliphatic rings. The van der Waals surface area contributed by atoms with Gasteiger partial charge in [0, 0.05) is 24.2 Å². The van der Waals surface area contributed by atoms with E-state index >= 15 is 0 Å². The van der Waals surface area contributed by atoms with Crippen molar-refractivity contribution in [2.75, 3.05) is 32.1 Å². The summed E-state index contributed by atoms with van der Waals surface area (Å²) < 4.78 is 11.6. The van der Waals surface area contributed by atoms with E-state index in [1.807, 2.05) is 18.2 Å². The van der Waals surface area contributed by atoms with Gasteiger partial charge >= 0.3 is 0 Å². The predicted molar refractivity (Wildman–Crippen MR) is 109 cm³/mol. The summed E-state index contributed by atoms with van der Waals surface area (Å²) in [6.07, 6.45) is 6.75. The van der Waals surface area contributed by atoms with Gasteiger partial charge in [-0.15, -0.1) is 0 Å². The van der Waals surface area contributed by atoms with Gasteiger partial charge in [-0.25, -0.2) is 0 Å². The van der Waals surface area contributed by atoms with Crippen molar-refractivity contribution in [3.8, 4) is 11.5 Å². The second-order valence-corrected chi connectivity index (χ2v) is 8.35. The van der Waals surface area contributed by atoms with Crippen LogP contribution in [0.5, 0.6) is 11.5 Å². The summed E-state index contributed by atoms with van der Waals surface area (Å²) in [6.45, 7) is 7.62. The molecule has 0 radical (unpaired) electrons. The molecule has 0 unspecified atom stereocenters. The molecule has 150 valence electrons. The highest BCUT2D eigenvalue weighted by atomic mass is 16.5. The van der Waals surface area contributed by atoms with Crippen LogP contribution in [-0.4, -0.2) is 43.7 Å². The van der Waals surface area contributed by atoms with E-state index < -0.39 is 0 Å². The molecule has 27 heavy (non-hydrogen) atoms. The Morgan fingerprint density at radius 3 is 2.48 bits per heavy atom. The molecule has 1 amide bonds. The Labute approximate surface area is 163 Å². The van der Waals surface area contributed by atoms with Crippen LogP contribution in [-0.2, 0) is 4.79 Å². The van der Waals surface area contributed by atoms with Crippen LogP contribution in [0.15, 0.2) is 18.2 Å². The highest BCUT2D eigenvalue weighted by Gasteiger charge is 2.25. The van der Waals surface area contributed by atoms with E-state index in [0.29, 0.717) is 5.92 Å². The van der Waals surface area contributed by atoms with Gasteiger partial charge in [0.2, 0.25) is 5.91 Å². The predicted octanol–water partition coefficient (Wildman–Crippen LogP) is 4.32. The number of carbonyl (C=O) groups excluding carboxylic acids is 1. The summed E-state index contributed by atoms with van der Waals surface area (Å²) >= 11 is 0. The van der Waals surface area contributed by atoms with E-state index in [9.17, 15) is 4.79 Å². The van der Waals surface area contributed by atoms with Gasteiger partial charge in [0.05, 0.1) is 13.2 Å². The lowest BCUT2D eigenvalue weighted by Crippen LogP contribution is -2.39. The number of hydrogen-bond acceptors (Lipinski definition) is 4. The minimum Gasteiger partial charge on any atom is -0.493 e. The Balaban J connectivity index is 1.57. The molecule has 1 saturated carbocycles. The number of benzene rings is 1. The molecule has 2 fully saturated rings. The van der Waals surface area contributed by atoms with Crippen molar-refractivity contribution in [3.05, 3.63) is 18.2 Å². The van der Waals surface area contributed by atoms with Crippen LogP contribution in [0, 0.1) is 11.8 Å². The van der Waals surface area contributed by atoms with Crippen molar-refractivity contribution in [1.29, 1.82) is 0 Å². The fourth-order valence-electron chi connectivity index (χ4n) is 4.17. The van der Waals surface area contributed by atoms with Gasteiger partial charge in [0.1, 0.15) is 0 Å². The number of likely N-dealkylation sites (tertiary alicyclic amines) is 1. The van der Waals surface area contributed by atoms with Crippen molar-refractivity contribution in [1.82, 2.24) is 4.90 Å². The smallest absolute Gasteiger partial charge is 0.227 e. The summed E-state index contributed by atoms with van der Waals surface area (Å²) in [7, 11) is 1.65. The van der Waals surface area contributed by atoms with E-state index in [2.05, 4.69) is 24.1 Å². The fourth-order valence-corrected chi connectivity index (χ4v) is 4.17. The normalized spacial score (nSPS) is 19.4. The Kier molecular flexibility index (Phi) is 7.00. The number of piperidine rings is 1. The van der Waals surface area contributed by atoms with Crippen molar-refractivity contribution >= 4 is 11.6 Å². The molecular formula is C22H34N2O3. The third-order valence-corrected chi connectivity index (χ3v) is 5.61. The topological polar surface area (TPSA) is 50.8 Å². The van der Waals surface area contributed by atoms with Gasteiger partial charge in [-0.3, -0.25) is 4.79 Å². The Morgan fingerprint density at radius 2 is 1.85 bits per heavy atom. The van der Waals surface area contributed by atoms with Gasteiger partial charge < -0.3 is 19.7 Å². The summed E-state index contributed by atoms with van der Waals surface area (Å²) in [5.41, 5.74) is 0.790. The van der Waals surface area contributed by atoms with Gasteiger partial charge in [0.25, 0.3) is 0 Å². The summed E-state index contributed by atoms with van der Waals surface area (Å²) in [6, 6.07) is 5.68. The number of methoxy groups -OCH3 is 1. The molecule has 1 aromatic rings. The minimum atomic E-state index is 0.0923. The van der Waals surface area contributed by atoms with E-state index in [0.717, 1.165) is 62.5 Å². The van der Waals surface area contributed by atoms with Crippen LogP contribution in [0.25, 0.3) is 0 Å². The number of nitrogens with zero attached hydrogens (tertiary/aromatic N) is 1. The number of carbonyl (C=O) groups is 1. The highest BCUT2D eigenvalue weighted by Crippen LogP contribution is 2.34. The van der Waals surface area contributed by atoms with Crippen molar-refractivity contribution in [3.63, 3.8) is 0 Å². The molecule has 5 nitrogen and oxygen atoms in total. The Hall–Kier alpha value is -1.75. The zero-order valence-electron chi connectivity index (χ0n) is 17.0. The quantitative estimate of drug-likeness (QED) is 0.772. The number of hydrogen-bond donors (Lipinski definition) is 1. The monoisotopic (exact) mass is 374 g/mol. The molecule has 0 bridgehead atoms. The maximum absolute atomic E-state index is 12.7. The van der Waals surface area contributed by atoms with Crippen molar-refractivity contribution in [2.24, 2.45) is 11.8 Å². The first kappa shape index (κ1) is 20.0. The zero-order valence-corrected chi connectivity index (χ0v) is 17.0. The minimum absolute atomic E-state index is 0.0923. The number of amides is 1. The number of rotatable bonds is 7. The lowest BCUT2D eigenvalue weighted by atomic mass is 9.95. The molecule has 1 saturated heterocycles. The fraction of sp³-hybridized carbons (Fsp3) is 0.682. The molecule has 1 aliphatic carbocycles. The van der Waals surface area contributed by atoms with E-state index in [4.69, 9.17) is 9.47 Å². The van der Waals surface area contributed by atoms with Gasteiger partial charge in [0.15, 0.2) is 11.5 Å². The highest BCUT2D eigenvalue weighted by molar-refractivity contribution is 5.93. The standard InChI is InChI=1S/C22H34N2O3/c1-16(2)15-24-12-10-17(11-13-24)22(25)23-18-8-9-20(26-3)21(14-18)27-19-6-4-5-7-19/h8-9,14,16-17,19H,4-7,10-13,15H2,1-3H3,(H,23,25). The molecule has 3 rings (SSSR count). The van der Waals surface area contributed by atoms with Crippen molar-refractivity contribution in [2.45, 2.75) is 58.5 Å². The van der Waals surface area contributed by atoms with Gasteiger partial charge in [-0.1, -0.05) is 13.8 Å². The van der Waals surface area contributed by atoms with Crippen molar-refractivity contribution < 1.29 is 14.3 Å². The van der Waals surface area contributed by atoms with E-state index in [-0.39, 0.29) is 17.9 Å². The van der Waals surface area contributed by atoms with Crippen LogP contribution in [0.3, 0.4) is 0 Å². The summed E-state index contributed by atoms with van der Waals surface area (Å²) in [5.74, 6) is 2.34. The average molecular weight is 375 g/mol. The molecule has 1 heterocycles. The first-order valence-corrected chi connectivity index (χ1v) is 10.4. The van der Waals surface area contributed by atoms with Crippen LogP contribution >= 0.6 is 0 Å². The molecule has 0 aromatic heterocycles. The Bertz CT molecular complexity index is 618. The van der Waals surface area contributed by atoms with Crippen LogP contribution in [0.2, 0.25) is 0 Å². The van der Waals surface area contributed by atoms with Gasteiger partial charge in [-0.05, 0) is 69.7 Å². The molecule has 0 atom stereocenters. The maximum Gasteiger partial charge on any atom is 0.227 e. The largest absolute Gasteiger partial charge is 0.493 e. The molecule has 0 spiro atoms. The van der Waals surface area contributed by atoms with E-state index in [1.54, 1.807) is 7.11 Å². The second-order valence-electron chi connectivity index (χ2n) is 8.35. The van der Waals surface area contributed by atoms with Crippen LogP contribution < -0.4 is 14.8 Å². The average Bonchev–Trinajstić information content (AvgIpc) is 3.15. The zero-order chi connectivity index (χ0) is 19.2. The second kappa shape index (κ2) is 9.45. The summed E-state index contributed by atoms with van der Waals surface area (Å²) in [5, 5.41) is 3.09. The maximum atomic E-state index is 12.7. The third kappa shape index (κ3) is 5.61. The van der Waals surface area contributed by atoms with Gasteiger partial charge in [-0.2, -0.15) is 0 Å². The lowest BCUT2D eigenvalue weighted by Gasteiger charge is -2.32. The third-order valence-electron chi connectivity index (χ3n) is 5.61. The van der Waals surface area contributed by atoms with Crippen LogP contribution in [0.1, 0.15) is 52.4 Å². The molecule has 1 aromatic carbocycles. The number of anilines is 1. The molecule has 1 aliphatic heterocycles. The SMILES string of the molecule is COc1ccc(NC(=O)C2CCN(CC(C)C)CC2)cc1OC1CCCC1. The first-order chi connectivity index (χ1) is 13.0. The number of ether oxygens (including phenoxy) is 2. The van der Waals surface area contributed by atoms with E-state index in [1.165, 1.54) is 12.8 Å². The molecule has 5 heteroatoms. The summed E-state index contributed by atoms with van der Waals surface area (Å²) in [4.78, 5) is 15.2. The molecule has 1 N–H and O–H groups in total. The Morgan fingerprint density at radius 1 is 1.15 bits per heavy atom. The van der Waals surface area contributed by atoms with Crippen LogP contribution in [0.4, 0.5) is 5.69 Å². The number of nitrogens with one attached hydrogen (secondary N) is 1. The first-order valence-electron chi connectivity index (χ1n) is 10.4. The lowest BCUT2D eigenvalue weighted by molar-refractivity contribution is -0.121.